The Morgan fingerprint density at radius 1 is 1.15 bits per heavy atom. The number of rotatable bonds is 5. The van der Waals surface area contributed by atoms with E-state index in [1.807, 2.05) is 12.1 Å². The van der Waals surface area contributed by atoms with Crippen LogP contribution in [0.15, 0.2) is 29.2 Å². The summed E-state index contributed by atoms with van der Waals surface area (Å²) in [5, 5.41) is 10.4. The molecule has 2 aliphatic rings. The van der Waals surface area contributed by atoms with E-state index in [2.05, 4.69) is 16.7 Å². The van der Waals surface area contributed by atoms with E-state index < -0.39 is 15.4 Å². The number of likely N-dealkylation sites (tertiary alicyclic amines) is 1. The third-order valence-corrected chi connectivity index (χ3v) is 7.30. The fraction of sp³-hybridized carbons (Fsp3) is 0.700. The molecule has 0 saturated carbocycles. The minimum atomic E-state index is -3.16. The quantitative estimate of drug-likeness (QED) is 0.851. The van der Waals surface area contributed by atoms with Gasteiger partial charge >= 0.3 is 0 Å². The molecule has 2 saturated heterocycles. The average Bonchev–Trinajstić information content (AvgIpc) is 2.64. The summed E-state index contributed by atoms with van der Waals surface area (Å²) in [5.41, 5.74) is 0.571. The molecule has 0 bridgehead atoms. The third-order valence-electron chi connectivity index (χ3n) is 6.19. The van der Waals surface area contributed by atoms with Crippen molar-refractivity contribution in [2.24, 2.45) is 5.92 Å². The molecule has 0 radical (unpaired) electrons. The highest BCUT2D eigenvalue weighted by atomic mass is 32.2. The van der Waals surface area contributed by atoms with E-state index in [0.29, 0.717) is 10.8 Å². The first-order chi connectivity index (χ1) is 12.3. The number of anilines is 1. The zero-order chi connectivity index (χ0) is 18.8. The first kappa shape index (κ1) is 19.6. The first-order valence-corrected chi connectivity index (χ1v) is 11.7. The lowest BCUT2D eigenvalue weighted by atomic mass is 9.88. The van der Waals surface area contributed by atoms with Gasteiger partial charge in [0.1, 0.15) is 0 Å². The van der Waals surface area contributed by atoms with E-state index >= 15 is 0 Å². The van der Waals surface area contributed by atoms with Gasteiger partial charge in [-0.2, -0.15) is 0 Å². The Balaban J connectivity index is 1.51. The second-order valence-electron chi connectivity index (χ2n) is 8.08. The van der Waals surface area contributed by atoms with Gasteiger partial charge in [-0.15, -0.1) is 0 Å². The van der Waals surface area contributed by atoms with E-state index in [0.717, 1.165) is 70.5 Å². The van der Waals surface area contributed by atoms with Crippen LogP contribution in [0.3, 0.4) is 0 Å². The fourth-order valence-corrected chi connectivity index (χ4v) is 4.82. The summed E-state index contributed by atoms with van der Waals surface area (Å²) in [5.74, 6) is 0.692. The number of sulfone groups is 1. The highest BCUT2D eigenvalue weighted by molar-refractivity contribution is 7.90. The summed E-state index contributed by atoms with van der Waals surface area (Å²) >= 11 is 0. The minimum Gasteiger partial charge on any atom is -0.390 e. The maximum absolute atomic E-state index is 11.8. The van der Waals surface area contributed by atoms with Crippen molar-refractivity contribution in [3.63, 3.8) is 0 Å². The topological polar surface area (TPSA) is 60.9 Å². The molecule has 0 unspecified atom stereocenters. The highest BCUT2D eigenvalue weighted by Gasteiger charge is 2.31. The smallest absolute Gasteiger partial charge is 0.175 e. The third kappa shape index (κ3) is 4.78. The van der Waals surface area contributed by atoms with Gasteiger partial charge in [-0.05, 0) is 56.2 Å². The normalized spacial score (nSPS) is 22.5. The van der Waals surface area contributed by atoms with E-state index in [4.69, 9.17) is 0 Å². The molecule has 1 aromatic rings. The van der Waals surface area contributed by atoms with Gasteiger partial charge in [-0.3, -0.25) is 0 Å². The average molecular weight is 381 g/mol. The van der Waals surface area contributed by atoms with Crippen LogP contribution in [-0.4, -0.2) is 63.0 Å². The molecule has 0 aliphatic carbocycles. The molecule has 1 aromatic carbocycles. The second-order valence-corrected chi connectivity index (χ2v) is 10.1. The standard InChI is InChI=1S/C20H32N2O3S/c1-3-20(23)9-13-21(14-10-20)16-17-7-11-22(12-8-17)18-5-4-6-19(15-18)26(2,24)25/h4-6,15,17,23H,3,7-14,16H2,1-2H3. The number of hydrogen-bond acceptors (Lipinski definition) is 5. The Morgan fingerprint density at radius 2 is 1.81 bits per heavy atom. The predicted molar refractivity (Wildman–Crippen MR) is 105 cm³/mol. The van der Waals surface area contributed by atoms with Crippen molar-refractivity contribution >= 4 is 15.5 Å². The van der Waals surface area contributed by atoms with Crippen LogP contribution < -0.4 is 4.90 Å². The predicted octanol–water partition coefficient (Wildman–Crippen LogP) is 2.54. The zero-order valence-electron chi connectivity index (χ0n) is 16.0. The summed E-state index contributed by atoms with van der Waals surface area (Å²) in [4.78, 5) is 5.21. The van der Waals surface area contributed by atoms with Crippen molar-refractivity contribution in [3.8, 4) is 0 Å². The summed E-state index contributed by atoms with van der Waals surface area (Å²) in [7, 11) is -3.16. The van der Waals surface area contributed by atoms with Crippen LogP contribution in [0.25, 0.3) is 0 Å². The minimum absolute atomic E-state index is 0.397. The number of piperidine rings is 2. The number of aliphatic hydroxyl groups is 1. The van der Waals surface area contributed by atoms with Crippen molar-refractivity contribution in [2.45, 2.75) is 49.5 Å². The molecular formula is C20H32N2O3S. The number of hydrogen-bond donors (Lipinski definition) is 1. The van der Waals surface area contributed by atoms with Crippen LogP contribution in [0, 0.1) is 5.92 Å². The molecule has 0 amide bonds. The Labute approximate surface area is 157 Å². The molecule has 0 aromatic heterocycles. The van der Waals surface area contributed by atoms with E-state index in [1.54, 1.807) is 12.1 Å². The van der Waals surface area contributed by atoms with Crippen molar-refractivity contribution in [1.29, 1.82) is 0 Å². The monoisotopic (exact) mass is 380 g/mol. The highest BCUT2D eigenvalue weighted by Crippen LogP contribution is 2.29. The van der Waals surface area contributed by atoms with Gasteiger partial charge in [0.15, 0.2) is 9.84 Å². The lowest BCUT2D eigenvalue weighted by Gasteiger charge is -2.41. The van der Waals surface area contributed by atoms with Crippen molar-refractivity contribution in [3.05, 3.63) is 24.3 Å². The maximum atomic E-state index is 11.8. The van der Waals surface area contributed by atoms with Crippen molar-refractivity contribution < 1.29 is 13.5 Å². The number of nitrogens with zero attached hydrogens (tertiary/aromatic N) is 2. The molecular weight excluding hydrogens is 348 g/mol. The molecule has 26 heavy (non-hydrogen) atoms. The molecule has 0 atom stereocenters. The lowest BCUT2D eigenvalue weighted by molar-refractivity contribution is -0.0273. The van der Waals surface area contributed by atoms with Gasteiger partial charge in [0.05, 0.1) is 10.5 Å². The lowest BCUT2D eigenvalue weighted by Crippen LogP contribution is -2.46. The van der Waals surface area contributed by atoms with Crippen LogP contribution in [0.4, 0.5) is 5.69 Å². The van der Waals surface area contributed by atoms with Gasteiger partial charge in [0.25, 0.3) is 0 Å². The maximum Gasteiger partial charge on any atom is 0.175 e. The fourth-order valence-electron chi connectivity index (χ4n) is 4.16. The molecule has 2 fully saturated rings. The van der Waals surface area contributed by atoms with E-state index in [9.17, 15) is 13.5 Å². The Bertz CT molecular complexity index is 704. The summed E-state index contributed by atoms with van der Waals surface area (Å²) in [6, 6.07) is 7.30. The molecule has 146 valence electrons. The number of benzene rings is 1. The summed E-state index contributed by atoms with van der Waals surface area (Å²) < 4.78 is 23.5. The molecule has 0 spiro atoms. The van der Waals surface area contributed by atoms with Crippen LogP contribution in [0.5, 0.6) is 0 Å². The Hall–Kier alpha value is -1.11. The Kier molecular flexibility index (Phi) is 5.94. The van der Waals surface area contributed by atoms with Crippen LogP contribution in [0.1, 0.15) is 39.0 Å². The largest absolute Gasteiger partial charge is 0.390 e. The summed E-state index contributed by atoms with van der Waals surface area (Å²) in [6.45, 7) is 7.15. The van der Waals surface area contributed by atoms with E-state index in [-0.39, 0.29) is 0 Å². The van der Waals surface area contributed by atoms with Crippen LogP contribution in [-0.2, 0) is 9.84 Å². The molecule has 2 aliphatic heterocycles. The molecule has 2 heterocycles. The van der Waals surface area contributed by atoms with E-state index in [1.165, 1.54) is 6.26 Å². The van der Waals surface area contributed by atoms with Crippen LogP contribution in [0.2, 0.25) is 0 Å². The van der Waals surface area contributed by atoms with Gasteiger partial charge < -0.3 is 14.9 Å². The Morgan fingerprint density at radius 3 is 2.38 bits per heavy atom. The second kappa shape index (κ2) is 7.87. The van der Waals surface area contributed by atoms with Gasteiger partial charge in [0, 0.05) is 44.7 Å². The molecule has 1 N–H and O–H groups in total. The SMILES string of the molecule is CCC1(O)CCN(CC2CCN(c3cccc(S(C)(=O)=O)c3)CC2)CC1. The van der Waals surface area contributed by atoms with Gasteiger partial charge in [-0.25, -0.2) is 8.42 Å². The van der Waals surface area contributed by atoms with Crippen LogP contribution >= 0.6 is 0 Å². The van der Waals surface area contributed by atoms with Gasteiger partial charge in [-0.1, -0.05) is 13.0 Å². The zero-order valence-corrected chi connectivity index (χ0v) is 16.8. The molecule has 3 rings (SSSR count). The molecule has 6 heteroatoms. The molecule has 5 nitrogen and oxygen atoms in total. The first-order valence-electron chi connectivity index (χ1n) is 9.79. The summed E-state index contributed by atoms with van der Waals surface area (Å²) in [6.07, 6.45) is 6.17. The van der Waals surface area contributed by atoms with Gasteiger partial charge in [0.2, 0.25) is 0 Å². The van der Waals surface area contributed by atoms with Crippen molar-refractivity contribution in [2.75, 3.05) is 43.9 Å². The van der Waals surface area contributed by atoms with Crippen molar-refractivity contribution in [1.82, 2.24) is 4.90 Å².